The first-order valence-corrected chi connectivity index (χ1v) is 6.73. The Balaban J connectivity index is 1.70. The molecule has 20 heavy (non-hydrogen) atoms. The monoisotopic (exact) mass is 271 g/mol. The highest BCUT2D eigenvalue weighted by Gasteiger charge is 2.21. The largest absolute Gasteiger partial charge is 0.325 e. The Kier molecular flexibility index (Phi) is 3.47. The Bertz CT molecular complexity index is 598. The van der Waals surface area contributed by atoms with E-state index < -0.39 is 0 Å². The molecule has 6 heteroatoms. The van der Waals surface area contributed by atoms with Crippen molar-refractivity contribution < 1.29 is 4.79 Å². The van der Waals surface area contributed by atoms with Crippen molar-refractivity contribution in [1.29, 1.82) is 0 Å². The SMILES string of the molecule is Cn1cnnc1-c1ccc(NC(=O)C2CCCN2)cc1. The van der Waals surface area contributed by atoms with Crippen molar-refractivity contribution in [1.82, 2.24) is 20.1 Å². The summed E-state index contributed by atoms with van der Waals surface area (Å²) in [5, 5.41) is 14.0. The first kappa shape index (κ1) is 12.8. The summed E-state index contributed by atoms with van der Waals surface area (Å²) >= 11 is 0. The normalized spacial score (nSPS) is 18.1. The molecule has 1 atom stereocenters. The molecule has 0 aliphatic carbocycles. The molecule has 104 valence electrons. The number of amides is 1. The van der Waals surface area contributed by atoms with E-state index in [1.54, 1.807) is 6.33 Å². The lowest BCUT2D eigenvalue weighted by molar-refractivity contribution is -0.117. The van der Waals surface area contributed by atoms with Crippen LogP contribution < -0.4 is 10.6 Å². The highest BCUT2D eigenvalue weighted by molar-refractivity contribution is 5.95. The number of aryl methyl sites for hydroxylation is 1. The van der Waals surface area contributed by atoms with Gasteiger partial charge in [-0.1, -0.05) is 0 Å². The van der Waals surface area contributed by atoms with Crippen LogP contribution in [-0.4, -0.2) is 33.3 Å². The average Bonchev–Trinajstić information content (AvgIpc) is 3.11. The van der Waals surface area contributed by atoms with Gasteiger partial charge in [0.15, 0.2) is 5.82 Å². The van der Waals surface area contributed by atoms with E-state index in [4.69, 9.17) is 0 Å². The summed E-state index contributed by atoms with van der Waals surface area (Å²) in [6.45, 7) is 0.920. The second kappa shape index (κ2) is 5.42. The molecule has 1 aromatic heterocycles. The van der Waals surface area contributed by atoms with Gasteiger partial charge in [-0.25, -0.2) is 0 Å². The summed E-state index contributed by atoms with van der Waals surface area (Å²) in [6, 6.07) is 7.57. The second-order valence-electron chi connectivity index (χ2n) is 4.98. The van der Waals surface area contributed by atoms with Crippen LogP contribution in [0.2, 0.25) is 0 Å². The molecule has 1 amide bonds. The van der Waals surface area contributed by atoms with Crippen LogP contribution in [0, 0.1) is 0 Å². The van der Waals surface area contributed by atoms with Crippen LogP contribution >= 0.6 is 0 Å². The lowest BCUT2D eigenvalue weighted by Crippen LogP contribution is -2.35. The average molecular weight is 271 g/mol. The number of carbonyl (C=O) groups is 1. The third-order valence-corrected chi connectivity index (χ3v) is 3.50. The Morgan fingerprint density at radius 1 is 1.40 bits per heavy atom. The van der Waals surface area contributed by atoms with Gasteiger partial charge in [-0.2, -0.15) is 0 Å². The van der Waals surface area contributed by atoms with E-state index in [2.05, 4.69) is 20.8 Å². The number of rotatable bonds is 3. The molecule has 0 bridgehead atoms. The quantitative estimate of drug-likeness (QED) is 0.879. The van der Waals surface area contributed by atoms with E-state index in [-0.39, 0.29) is 11.9 Å². The maximum Gasteiger partial charge on any atom is 0.241 e. The van der Waals surface area contributed by atoms with Crippen molar-refractivity contribution in [2.45, 2.75) is 18.9 Å². The minimum Gasteiger partial charge on any atom is -0.325 e. The molecule has 1 aromatic carbocycles. The third-order valence-electron chi connectivity index (χ3n) is 3.50. The van der Waals surface area contributed by atoms with E-state index in [9.17, 15) is 4.79 Å². The smallest absolute Gasteiger partial charge is 0.241 e. The Hall–Kier alpha value is -2.21. The zero-order valence-corrected chi connectivity index (χ0v) is 11.3. The fourth-order valence-corrected chi connectivity index (χ4v) is 2.38. The van der Waals surface area contributed by atoms with Crippen molar-refractivity contribution in [3.05, 3.63) is 30.6 Å². The molecular formula is C14H17N5O. The van der Waals surface area contributed by atoms with Crippen LogP contribution in [0.5, 0.6) is 0 Å². The molecule has 0 radical (unpaired) electrons. The van der Waals surface area contributed by atoms with Crippen molar-refractivity contribution in [2.24, 2.45) is 7.05 Å². The fraction of sp³-hybridized carbons (Fsp3) is 0.357. The highest BCUT2D eigenvalue weighted by atomic mass is 16.2. The number of hydrogen-bond acceptors (Lipinski definition) is 4. The third kappa shape index (κ3) is 2.55. The molecule has 3 rings (SSSR count). The number of anilines is 1. The summed E-state index contributed by atoms with van der Waals surface area (Å²) in [5.41, 5.74) is 1.77. The van der Waals surface area contributed by atoms with Gasteiger partial charge in [0.05, 0.1) is 6.04 Å². The van der Waals surface area contributed by atoms with Gasteiger partial charge < -0.3 is 15.2 Å². The zero-order chi connectivity index (χ0) is 13.9. The van der Waals surface area contributed by atoms with Gasteiger partial charge in [0.1, 0.15) is 6.33 Å². The van der Waals surface area contributed by atoms with Crippen LogP contribution in [0.4, 0.5) is 5.69 Å². The number of nitrogens with zero attached hydrogens (tertiary/aromatic N) is 3. The van der Waals surface area contributed by atoms with Gasteiger partial charge in [0.25, 0.3) is 0 Å². The van der Waals surface area contributed by atoms with Crippen LogP contribution in [0.3, 0.4) is 0 Å². The van der Waals surface area contributed by atoms with Gasteiger partial charge in [-0.05, 0) is 43.7 Å². The van der Waals surface area contributed by atoms with E-state index in [1.165, 1.54) is 0 Å². The van der Waals surface area contributed by atoms with Crippen molar-refractivity contribution in [2.75, 3.05) is 11.9 Å². The number of carbonyl (C=O) groups excluding carboxylic acids is 1. The molecule has 1 aliphatic heterocycles. The lowest BCUT2D eigenvalue weighted by atomic mass is 10.1. The number of nitrogens with one attached hydrogen (secondary N) is 2. The maximum absolute atomic E-state index is 12.0. The van der Waals surface area contributed by atoms with Crippen molar-refractivity contribution in [3.63, 3.8) is 0 Å². The predicted molar refractivity (Wildman–Crippen MR) is 76.1 cm³/mol. The highest BCUT2D eigenvalue weighted by Crippen LogP contribution is 2.19. The Morgan fingerprint density at radius 2 is 2.20 bits per heavy atom. The summed E-state index contributed by atoms with van der Waals surface area (Å²) in [7, 11) is 1.90. The molecule has 1 saturated heterocycles. The van der Waals surface area contributed by atoms with Gasteiger partial charge >= 0.3 is 0 Å². The topological polar surface area (TPSA) is 71.8 Å². The minimum atomic E-state index is -0.0617. The van der Waals surface area contributed by atoms with E-state index in [1.807, 2.05) is 35.9 Å². The van der Waals surface area contributed by atoms with E-state index >= 15 is 0 Å². The molecule has 2 aromatic rings. The summed E-state index contributed by atoms with van der Waals surface area (Å²) in [6.07, 6.45) is 3.63. The zero-order valence-electron chi connectivity index (χ0n) is 11.3. The van der Waals surface area contributed by atoms with Crippen LogP contribution in [0.25, 0.3) is 11.4 Å². The molecule has 1 unspecified atom stereocenters. The second-order valence-corrected chi connectivity index (χ2v) is 4.98. The van der Waals surface area contributed by atoms with Gasteiger partial charge in [0, 0.05) is 18.3 Å². The molecule has 6 nitrogen and oxygen atoms in total. The molecule has 2 N–H and O–H groups in total. The van der Waals surface area contributed by atoms with Gasteiger partial charge in [0.2, 0.25) is 5.91 Å². The standard InChI is InChI=1S/C14H17N5O/c1-19-9-16-18-13(19)10-4-6-11(7-5-10)17-14(20)12-3-2-8-15-12/h4-7,9,12,15H,2-3,8H2,1H3,(H,17,20). The summed E-state index contributed by atoms with van der Waals surface area (Å²) in [4.78, 5) is 12.0. The van der Waals surface area contributed by atoms with Crippen molar-refractivity contribution in [3.8, 4) is 11.4 Å². The van der Waals surface area contributed by atoms with Gasteiger partial charge in [-0.15, -0.1) is 10.2 Å². The summed E-state index contributed by atoms with van der Waals surface area (Å²) < 4.78 is 1.86. The maximum atomic E-state index is 12.0. The van der Waals surface area contributed by atoms with Crippen LogP contribution in [0.15, 0.2) is 30.6 Å². The first-order valence-electron chi connectivity index (χ1n) is 6.73. The predicted octanol–water partition coefficient (Wildman–Crippen LogP) is 1.17. The number of aromatic nitrogens is 3. The minimum absolute atomic E-state index is 0.0360. The van der Waals surface area contributed by atoms with E-state index in [0.717, 1.165) is 36.5 Å². The molecule has 1 aliphatic rings. The lowest BCUT2D eigenvalue weighted by Gasteiger charge is -2.11. The molecular weight excluding hydrogens is 254 g/mol. The Morgan fingerprint density at radius 3 is 2.80 bits per heavy atom. The Labute approximate surface area is 117 Å². The molecule has 1 fully saturated rings. The molecule has 2 heterocycles. The van der Waals surface area contributed by atoms with Crippen LogP contribution in [0.1, 0.15) is 12.8 Å². The van der Waals surface area contributed by atoms with Crippen LogP contribution in [-0.2, 0) is 11.8 Å². The number of benzene rings is 1. The molecule has 0 spiro atoms. The summed E-state index contributed by atoms with van der Waals surface area (Å²) in [5.74, 6) is 0.842. The van der Waals surface area contributed by atoms with E-state index in [0.29, 0.717) is 0 Å². The first-order chi connectivity index (χ1) is 9.74. The van der Waals surface area contributed by atoms with Gasteiger partial charge in [-0.3, -0.25) is 4.79 Å². The van der Waals surface area contributed by atoms with Crippen molar-refractivity contribution >= 4 is 11.6 Å². The molecule has 0 saturated carbocycles. The fourth-order valence-electron chi connectivity index (χ4n) is 2.38. The number of hydrogen-bond donors (Lipinski definition) is 2.